The first kappa shape index (κ1) is 10.4. The third kappa shape index (κ3) is 2.46. The van der Waals surface area contributed by atoms with E-state index < -0.39 is 0 Å². The Morgan fingerprint density at radius 2 is 2.20 bits per heavy atom. The van der Waals surface area contributed by atoms with Crippen LogP contribution in [0.4, 0.5) is 0 Å². The van der Waals surface area contributed by atoms with Gasteiger partial charge >= 0.3 is 0 Å². The van der Waals surface area contributed by atoms with Gasteiger partial charge in [-0.25, -0.2) is 0 Å². The smallest absolute Gasteiger partial charge is 0.0476 e. The van der Waals surface area contributed by atoms with E-state index in [0.717, 1.165) is 26.2 Å². The van der Waals surface area contributed by atoms with Crippen molar-refractivity contribution in [2.24, 2.45) is 0 Å². The van der Waals surface area contributed by atoms with Crippen molar-refractivity contribution in [1.82, 2.24) is 10.2 Å². The summed E-state index contributed by atoms with van der Waals surface area (Å²) in [5, 5.41) is 3.45. The molecule has 1 N–H and O–H groups in total. The second kappa shape index (κ2) is 5.10. The van der Waals surface area contributed by atoms with E-state index in [1.54, 1.807) is 0 Å². The summed E-state index contributed by atoms with van der Waals surface area (Å²) in [5.74, 6) is 0. The quantitative estimate of drug-likeness (QED) is 0.752. The molecule has 0 aromatic heterocycles. The van der Waals surface area contributed by atoms with Crippen molar-refractivity contribution in [3.8, 4) is 0 Å². The summed E-state index contributed by atoms with van der Waals surface area (Å²) in [7, 11) is 0. The van der Waals surface area contributed by atoms with Gasteiger partial charge in [-0.3, -0.25) is 4.90 Å². The van der Waals surface area contributed by atoms with E-state index in [1.165, 1.54) is 5.56 Å². The lowest BCUT2D eigenvalue weighted by Gasteiger charge is -2.35. The fourth-order valence-corrected chi connectivity index (χ4v) is 2.13. The number of rotatable bonds is 3. The Kier molecular flexibility index (Phi) is 3.54. The summed E-state index contributed by atoms with van der Waals surface area (Å²) in [5.41, 5.74) is 1.39. The van der Waals surface area contributed by atoms with Crippen molar-refractivity contribution in [2.45, 2.75) is 6.04 Å². The van der Waals surface area contributed by atoms with Gasteiger partial charge in [0.2, 0.25) is 0 Å². The Hall–Kier alpha value is -1.12. The van der Waals surface area contributed by atoms with Gasteiger partial charge in [-0.1, -0.05) is 36.4 Å². The normalized spacial score (nSPS) is 22.5. The first-order valence-electron chi connectivity index (χ1n) is 5.52. The highest BCUT2D eigenvalue weighted by atomic mass is 15.2. The summed E-state index contributed by atoms with van der Waals surface area (Å²) in [4.78, 5) is 2.47. The number of benzene rings is 1. The van der Waals surface area contributed by atoms with Gasteiger partial charge < -0.3 is 5.32 Å². The van der Waals surface area contributed by atoms with Gasteiger partial charge in [-0.2, -0.15) is 0 Å². The Balaban J connectivity index is 2.14. The van der Waals surface area contributed by atoms with Crippen molar-refractivity contribution in [3.05, 3.63) is 48.6 Å². The third-order valence-electron chi connectivity index (χ3n) is 2.90. The van der Waals surface area contributed by atoms with Crippen LogP contribution in [-0.4, -0.2) is 31.1 Å². The second-order valence-electron chi connectivity index (χ2n) is 3.91. The highest BCUT2D eigenvalue weighted by molar-refractivity contribution is 5.20. The van der Waals surface area contributed by atoms with E-state index >= 15 is 0 Å². The standard InChI is InChI=1S/C13H18N2/c1-2-9-15-10-8-14-11-13(15)12-6-4-3-5-7-12/h2-7,13-14H,1,8-11H2. The molecule has 1 atom stereocenters. The van der Waals surface area contributed by atoms with Gasteiger partial charge in [0.05, 0.1) is 0 Å². The molecule has 2 nitrogen and oxygen atoms in total. The minimum absolute atomic E-state index is 0.498. The monoisotopic (exact) mass is 202 g/mol. The van der Waals surface area contributed by atoms with Gasteiger partial charge in [0.15, 0.2) is 0 Å². The molecule has 0 spiro atoms. The third-order valence-corrected chi connectivity index (χ3v) is 2.90. The minimum Gasteiger partial charge on any atom is -0.314 e. The van der Waals surface area contributed by atoms with Crippen LogP contribution < -0.4 is 5.32 Å². The molecule has 0 aliphatic carbocycles. The largest absolute Gasteiger partial charge is 0.314 e. The SMILES string of the molecule is C=CCN1CCNCC1c1ccccc1. The number of hydrogen-bond acceptors (Lipinski definition) is 2. The van der Waals surface area contributed by atoms with Gasteiger partial charge in [0, 0.05) is 32.2 Å². The zero-order chi connectivity index (χ0) is 10.5. The van der Waals surface area contributed by atoms with E-state index in [-0.39, 0.29) is 0 Å². The van der Waals surface area contributed by atoms with Crippen LogP contribution in [0.3, 0.4) is 0 Å². The second-order valence-corrected chi connectivity index (χ2v) is 3.91. The topological polar surface area (TPSA) is 15.3 Å². The summed E-state index contributed by atoms with van der Waals surface area (Å²) >= 11 is 0. The molecule has 0 amide bonds. The van der Waals surface area contributed by atoms with Crippen molar-refractivity contribution < 1.29 is 0 Å². The number of hydrogen-bond donors (Lipinski definition) is 1. The van der Waals surface area contributed by atoms with Crippen LogP contribution >= 0.6 is 0 Å². The average Bonchev–Trinajstić information content (AvgIpc) is 2.31. The van der Waals surface area contributed by atoms with E-state index in [0.29, 0.717) is 6.04 Å². The molecule has 2 rings (SSSR count). The van der Waals surface area contributed by atoms with Crippen LogP contribution in [0.2, 0.25) is 0 Å². The zero-order valence-electron chi connectivity index (χ0n) is 9.02. The molecule has 0 bridgehead atoms. The van der Waals surface area contributed by atoms with Crippen LogP contribution in [-0.2, 0) is 0 Å². The van der Waals surface area contributed by atoms with Crippen LogP contribution in [0.15, 0.2) is 43.0 Å². The van der Waals surface area contributed by atoms with E-state index in [2.05, 4.69) is 47.1 Å². The van der Waals surface area contributed by atoms with Crippen LogP contribution in [0.5, 0.6) is 0 Å². The molecule has 1 heterocycles. The summed E-state index contributed by atoms with van der Waals surface area (Å²) in [6.45, 7) is 8.02. The minimum atomic E-state index is 0.498. The predicted octanol–water partition coefficient (Wildman–Crippen LogP) is 1.82. The van der Waals surface area contributed by atoms with Crippen molar-refractivity contribution >= 4 is 0 Å². The van der Waals surface area contributed by atoms with E-state index in [9.17, 15) is 0 Å². The summed E-state index contributed by atoms with van der Waals surface area (Å²) in [6, 6.07) is 11.2. The Morgan fingerprint density at radius 3 is 2.93 bits per heavy atom. The van der Waals surface area contributed by atoms with Crippen LogP contribution in [0, 0.1) is 0 Å². The Labute approximate surface area is 91.6 Å². The lowest BCUT2D eigenvalue weighted by molar-refractivity contribution is 0.180. The van der Waals surface area contributed by atoms with Gasteiger partial charge in [0.1, 0.15) is 0 Å². The molecule has 1 aromatic carbocycles. The van der Waals surface area contributed by atoms with Crippen molar-refractivity contribution in [3.63, 3.8) is 0 Å². The number of piperazine rings is 1. The molecule has 1 fully saturated rings. The lowest BCUT2D eigenvalue weighted by Crippen LogP contribution is -2.45. The fraction of sp³-hybridized carbons (Fsp3) is 0.385. The number of nitrogens with zero attached hydrogens (tertiary/aromatic N) is 1. The Morgan fingerprint density at radius 1 is 1.40 bits per heavy atom. The molecule has 1 aromatic rings. The van der Waals surface area contributed by atoms with E-state index in [1.807, 2.05) is 6.08 Å². The number of nitrogens with one attached hydrogen (secondary N) is 1. The lowest BCUT2D eigenvalue weighted by atomic mass is 10.0. The molecule has 0 radical (unpaired) electrons. The molecular weight excluding hydrogens is 184 g/mol. The molecule has 1 aliphatic heterocycles. The molecule has 1 unspecified atom stereocenters. The first-order valence-corrected chi connectivity index (χ1v) is 5.52. The molecule has 80 valence electrons. The molecule has 1 aliphatic rings. The molecule has 0 saturated carbocycles. The Bertz CT molecular complexity index is 308. The predicted molar refractivity (Wildman–Crippen MR) is 63.8 cm³/mol. The maximum Gasteiger partial charge on any atom is 0.0476 e. The summed E-state index contributed by atoms with van der Waals surface area (Å²) in [6.07, 6.45) is 1.99. The highest BCUT2D eigenvalue weighted by Gasteiger charge is 2.21. The fourth-order valence-electron chi connectivity index (χ4n) is 2.13. The van der Waals surface area contributed by atoms with Gasteiger partial charge in [-0.05, 0) is 5.56 Å². The average molecular weight is 202 g/mol. The van der Waals surface area contributed by atoms with Gasteiger partial charge in [0.25, 0.3) is 0 Å². The first-order chi connectivity index (χ1) is 7.42. The molecule has 15 heavy (non-hydrogen) atoms. The highest BCUT2D eigenvalue weighted by Crippen LogP contribution is 2.21. The maximum absolute atomic E-state index is 3.82. The van der Waals surface area contributed by atoms with Crippen LogP contribution in [0.1, 0.15) is 11.6 Å². The van der Waals surface area contributed by atoms with Crippen LogP contribution in [0.25, 0.3) is 0 Å². The molecular formula is C13H18N2. The zero-order valence-corrected chi connectivity index (χ0v) is 9.02. The van der Waals surface area contributed by atoms with Gasteiger partial charge in [-0.15, -0.1) is 6.58 Å². The maximum atomic E-state index is 3.82. The van der Waals surface area contributed by atoms with Crippen molar-refractivity contribution in [1.29, 1.82) is 0 Å². The van der Waals surface area contributed by atoms with E-state index in [4.69, 9.17) is 0 Å². The molecule has 1 saturated heterocycles. The van der Waals surface area contributed by atoms with Crippen molar-refractivity contribution in [2.75, 3.05) is 26.2 Å². The molecule has 2 heteroatoms. The summed E-state index contributed by atoms with van der Waals surface area (Å²) < 4.78 is 0.